The summed E-state index contributed by atoms with van der Waals surface area (Å²) in [5, 5.41) is 25.7. The third-order valence-corrected chi connectivity index (χ3v) is 1.08. The standard InChI is InChI=1S/C10H12O3/c11-8-5-3-1-2-4-6-10(13)7-9-12/h3,5,10-13H,7-9H2/t10-/m0/s1. The minimum absolute atomic E-state index is 0.0464. The molecule has 0 bridgehead atoms. The molecule has 0 aromatic carbocycles. The molecular weight excluding hydrogens is 168 g/mol. The van der Waals surface area contributed by atoms with Gasteiger partial charge in [0.15, 0.2) is 0 Å². The number of hydrogen-bond donors (Lipinski definition) is 3. The summed E-state index contributed by atoms with van der Waals surface area (Å²) in [4.78, 5) is 0. The molecule has 13 heavy (non-hydrogen) atoms. The highest BCUT2D eigenvalue weighted by Crippen LogP contribution is 1.85. The van der Waals surface area contributed by atoms with Crippen molar-refractivity contribution in [3.05, 3.63) is 12.2 Å². The fourth-order valence-electron chi connectivity index (χ4n) is 0.503. The molecule has 0 aromatic heterocycles. The molecule has 0 aliphatic rings. The molecule has 0 fully saturated rings. The van der Waals surface area contributed by atoms with E-state index in [0.717, 1.165) is 0 Å². The number of hydrogen-bond acceptors (Lipinski definition) is 3. The van der Waals surface area contributed by atoms with Crippen molar-refractivity contribution in [2.24, 2.45) is 0 Å². The van der Waals surface area contributed by atoms with E-state index in [9.17, 15) is 0 Å². The molecule has 0 aliphatic heterocycles. The van der Waals surface area contributed by atoms with Gasteiger partial charge in [0, 0.05) is 13.0 Å². The highest BCUT2D eigenvalue weighted by molar-refractivity contribution is 5.31. The third kappa shape index (κ3) is 8.65. The van der Waals surface area contributed by atoms with Crippen LogP contribution in [-0.4, -0.2) is 34.6 Å². The second kappa shape index (κ2) is 8.83. The van der Waals surface area contributed by atoms with Crippen LogP contribution in [0, 0.1) is 23.7 Å². The van der Waals surface area contributed by atoms with Gasteiger partial charge in [0.05, 0.1) is 6.61 Å². The van der Waals surface area contributed by atoms with E-state index in [1.165, 1.54) is 12.2 Å². The van der Waals surface area contributed by atoms with Gasteiger partial charge < -0.3 is 15.3 Å². The lowest BCUT2D eigenvalue weighted by Gasteiger charge is -1.95. The van der Waals surface area contributed by atoms with Crippen LogP contribution in [0.25, 0.3) is 0 Å². The Labute approximate surface area is 77.7 Å². The van der Waals surface area contributed by atoms with Crippen LogP contribution in [0.15, 0.2) is 12.2 Å². The maximum Gasteiger partial charge on any atom is 0.117 e. The van der Waals surface area contributed by atoms with Crippen LogP contribution in [0.5, 0.6) is 0 Å². The van der Waals surface area contributed by atoms with Gasteiger partial charge in [-0.25, -0.2) is 0 Å². The normalized spacial score (nSPS) is 11.3. The lowest BCUT2D eigenvalue weighted by molar-refractivity contribution is 0.177. The van der Waals surface area contributed by atoms with Gasteiger partial charge in [-0.3, -0.25) is 0 Å². The SMILES string of the molecule is OCC=CC#CC#C[C@H](O)CCO. The van der Waals surface area contributed by atoms with Gasteiger partial charge in [-0.05, 0) is 17.9 Å². The van der Waals surface area contributed by atoms with Gasteiger partial charge >= 0.3 is 0 Å². The van der Waals surface area contributed by atoms with Crippen molar-refractivity contribution >= 4 is 0 Å². The van der Waals surface area contributed by atoms with Crippen molar-refractivity contribution in [2.75, 3.05) is 13.2 Å². The Hall–Kier alpha value is -1.26. The van der Waals surface area contributed by atoms with E-state index in [1.807, 2.05) is 0 Å². The van der Waals surface area contributed by atoms with E-state index in [4.69, 9.17) is 15.3 Å². The largest absolute Gasteiger partial charge is 0.396 e. The van der Waals surface area contributed by atoms with Gasteiger partial charge in [0.25, 0.3) is 0 Å². The Morgan fingerprint density at radius 3 is 2.62 bits per heavy atom. The molecule has 0 rings (SSSR count). The second-order valence-electron chi connectivity index (χ2n) is 2.15. The minimum Gasteiger partial charge on any atom is -0.396 e. The quantitative estimate of drug-likeness (QED) is 0.502. The molecule has 70 valence electrons. The van der Waals surface area contributed by atoms with Gasteiger partial charge in [0.2, 0.25) is 0 Å². The maximum absolute atomic E-state index is 8.99. The predicted octanol–water partition coefficient (Wildman–Crippen LogP) is -0.715. The molecule has 0 spiro atoms. The van der Waals surface area contributed by atoms with Crippen molar-refractivity contribution in [3.63, 3.8) is 0 Å². The summed E-state index contributed by atoms with van der Waals surface area (Å²) in [6.45, 7) is -0.136. The fourth-order valence-corrected chi connectivity index (χ4v) is 0.503. The first kappa shape index (κ1) is 11.7. The van der Waals surface area contributed by atoms with Crippen molar-refractivity contribution in [1.82, 2.24) is 0 Å². The fraction of sp³-hybridized carbons (Fsp3) is 0.400. The van der Waals surface area contributed by atoms with Crippen LogP contribution in [0.4, 0.5) is 0 Å². The highest BCUT2D eigenvalue weighted by Gasteiger charge is 1.94. The first-order chi connectivity index (χ1) is 6.31. The molecule has 0 radical (unpaired) electrons. The van der Waals surface area contributed by atoms with Gasteiger partial charge in [-0.2, -0.15) is 0 Å². The third-order valence-electron chi connectivity index (χ3n) is 1.08. The molecule has 0 aromatic rings. The summed E-state index contributed by atoms with van der Waals surface area (Å²) in [5.74, 6) is 9.86. The average Bonchev–Trinajstić information content (AvgIpc) is 2.11. The predicted molar refractivity (Wildman–Crippen MR) is 49.5 cm³/mol. The average molecular weight is 180 g/mol. The first-order valence-electron chi connectivity index (χ1n) is 3.87. The van der Waals surface area contributed by atoms with Crippen molar-refractivity contribution in [2.45, 2.75) is 12.5 Å². The van der Waals surface area contributed by atoms with Crippen LogP contribution in [0.2, 0.25) is 0 Å². The zero-order valence-electron chi connectivity index (χ0n) is 7.20. The molecular formula is C10H12O3. The molecule has 0 aliphatic carbocycles. The summed E-state index contributed by atoms with van der Waals surface area (Å²) in [5.41, 5.74) is 0. The minimum atomic E-state index is -0.818. The molecule has 0 saturated heterocycles. The molecule has 1 atom stereocenters. The van der Waals surface area contributed by atoms with Gasteiger partial charge in [-0.15, -0.1) is 0 Å². The van der Waals surface area contributed by atoms with Crippen LogP contribution in [0.3, 0.4) is 0 Å². The van der Waals surface area contributed by atoms with Gasteiger partial charge in [-0.1, -0.05) is 17.9 Å². The first-order valence-corrected chi connectivity index (χ1v) is 3.87. The van der Waals surface area contributed by atoms with Crippen LogP contribution in [-0.2, 0) is 0 Å². The van der Waals surface area contributed by atoms with Crippen LogP contribution in [0.1, 0.15) is 6.42 Å². The lowest BCUT2D eigenvalue weighted by Crippen LogP contribution is -2.04. The van der Waals surface area contributed by atoms with E-state index >= 15 is 0 Å². The molecule has 0 saturated carbocycles. The summed E-state index contributed by atoms with van der Waals surface area (Å²) >= 11 is 0. The Morgan fingerprint density at radius 1 is 1.23 bits per heavy atom. The second-order valence-corrected chi connectivity index (χ2v) is 2.15. The van der Waals surface area contributed by atoms with E-state index in [1.54, 1.807) is 0 Å². The van der Waals surface area contributed by atoms with Gasteiger partial charge in [0.1, 0.15) is 6.10 Å². The summed E-state index contributed by atoms with van der Waals surface area (Å²) in [6.07, 6.45) is 2.38. The maximum atomic E-state index is 8.99. The summed E-state index contributed by atoms with van der Waals surface area (Å²) in [6, 6.07) is 0. The van der Waals surface area contributed by atoms with Crippen molar-refractivity contribution in [1.29, 1.82) is 0 Å². The van der Waals surface area contributed by atoms with Crippen molar-refractivity contribution in [3.8, 4) is 23.7 Å². The number of aliphatic hydroxyl groups is 3. The van der Waals surface area contributed by atoms with Crippen LogP contribution >= 0.6 is 0 Å². The monoisotopic (exact) mass is 180 g/mol. The molecule has 3 N–H and O–H groups in total. The molecule has 3 heteroatoms. The van der Waals surface area contributed by atoms with E-state index in [0.29, 0.717) is 0 Å². The zero-order valence-corrected chi connectivity index (χ0v) is 7.20. The lowest BCUT2D eigenvalue weighted by atomic mass is 10.3. The molecule has 0 amide bonds. The smallest absolute Gasteiger partial charge is 0.117 e. The number of aliphatic hydroxyl groups excluding tert-OH is 3. The topological polar surface area (TPSA) is 60.7 Å². The molecule has 0 heterocycles. The molecule has 3 nitrogen and oxygen atoms in total. The summed E-state index contributed by atoms with van der Waals surface area (Å²) in [7, 11) is 0. The number of allylic oxidation sites excluding steroid dienone is 1. The Kier molecular flexibility index (Phi) is 7.98. The zero-order chi connectivity index (χ0) is 9.94. The van der Waals surface area contributed by atoms with E-state index in [2.05, 4.69) is 23.7 Å². The van der Waals surface area contributed by atoms with Crippen LogP contribution < -0.4 is 0 Å². The Bertz CT molecular complexity index is 259. The number of rotatable bonds is 3. The highest BCUT2D eigenvalue weighted by atomic mass is 16.3. The van der Waals surface area contributed by atoms with E-state index < -0.39 is 6.10 Å². The summed E-state index contributed by atoms with van der Waals surface area (Å²) < 4.78 is 0. The Balaban J connectivity index is 3.81. The molecule has 0 unspecified atom stereocenters. The van der Waals surface area contributed by atoms with Crippen molar-refractivity contribution < 1.29 is 15.3 Å². The van der Waals surface area contributed by atoms with E-state index in [-0.39, 0.29) is 19.6 Å². The Morgan fingerprint density at radius 2 is 2.00 bits per heavy atom.